The van der Waals surface area contributed by atoms with Gasteiger partial charge in [-0.25, -0.2) is 0 Å². The van der Waals surface area contributed by atoms with E-state index in [0.717, 1.165) is 25.4 Å². The molecule has 3 aromatic heterocycles. The number of thiophene rings is 1. The van der Waals surface area contributed by atoms with Crippen LogP contribution in [0.25, 0.3) is 0 Å². The van der Waals surface area contributed by atoms with Crippen LogP contribution in [0.1, 0.15) is 16.2 Å². The largest absolute Gasteiger partial charge is 0.468 e. The first kappa shape index (κ1) is 13.1. The highest BCUT2D eigenvalue weighted by Gasteiger charge is 2.10. The molecule has 3 nitrogen and oxygen atoms in total. The molecule has 0 bridgehead atoms. The molecule has 0 unspecified atom stereocenters. The lowest BCUT2D eigenvalue weighted by molar-refractivity contribution is 0.228. The molecule has 0 aliphatic carbocycles. The molecular formula is C16H16N2OS. The van der Waals surface area contributed by atoms with Crippen molar-refractivity contribution in [3.05, 3.63) is 76.6 Å². The summed E-state index contributed by atoms with van der Waals surface area (Å²) in [6.07, 6.45) is 5.45. The van der Waals surface area contributed by atoms with E-state index in [1.807, 2.05) is 24.4 Å². The molecule has 0 spiro atoms. The summed E-state index contributed by atoms with van der Waals surface area (Å²) in [7, 11) is 0. The molecule has 0 saturated carbocycles. The van der Waals surface area contributed by atoms with Gasteiger partial charge in [0, 0.05) is 30.4 Å². The molecule has 20 heavy (non-hydrogen) atoms. The van der Waals surface area contributed by atoms with Gasteiger partial charge in [-0.3, -0.25) is 9.88 Å². The zero-order valence-corrected chi connectivity index (χ0v) is 11.9. The van der Waals surface area contributed by atoms with E-state index in [9.17, 15) is 0 Å². The Hall–Kier alpha value is -1.91. The lowest BCUT2D eigenvalue weighted by atomic mass is 10.2. The summed E-state index contributed by atoms with van der Waals surface area (Å²) in [6, 6.07) is 12.3. The maximum Gasteiger partial charge on any atom is 0.117 e. The third-order valence-electron chi connectivity index (χ3n) is 3.05. The molecule has 0 aromatic carbocycles. The van der Waals surface area contributed by atoms with E-state index < -0.39 is 0 Å². The average Bonchev–Trinajstić information content (AvgIpc) is 3.13. The van der Waals surface area contributed by atoms with Gasteiger partial charge in [-0.05, 0) is 35.2 Å². The van der Waals surface area contributed by atoms with Crippen LogP contribution in [0.5, 0.6) is 0 Å². The van der Waals surface area contributed by atoms with E-state index >= 15 is 0 Å². The van der Waals surface area contributed by atoms with Crippen molar-refractivity contribution in [3.63, 3.8) is 0 Å². The normalized spacial score (nSPS) is 11.1. The van der Waals surface area contributed by atoms with Gasteiger partial charge < -0.3 is 4.42 Å². The first-order chi connectivity index (χ1) is 9.90. The molecule has 0 radical (unpaired) electrons. The standard InChI is InChI=1S/C16H16N2OS/c1-4-14(10-17-7-1)11-18(12-15-5-2-8-19-15)13-16-6-3-9-20-16/h1-10H,11-13H2. The lowest BCUT2D eigenvalue weighted by Gasteiger charge is -2.20. The van der Waals surface area contributed by atoms with E-state index in [1.54, 1.807) is 23.8 Å². The van der Waals surface area contributed by atoms with Gasteiger partial charge in [-0.1, -0.05) is 12.1 Å². The van der Waals surface area contributed by atoms with Crippen molar-refractivity contribution < 1.29 is 4.42 Å². The molecule has 0 aliphatic rings. The van der Waals surface area contributed by atoms with Crippen molar-refractivity contribution in [2.24, 2.45) is 0 Å². The Morgan fingerprint density at radius 2 is 2.05 bits per heavy atom. The third kappa shape index (κ3) is 3.56. The molecule has 3 rings (SSSR count). The fourth-order valence-electron chi connectivity index (χ4n) is 2.16. The van der Waals surface area contributed by atoms with Crippen molar-refractivity contribution in [1.29, 1.82) is 0 Å². The Morgan fingerprint density at radius 3 is 2.75 bits per heavy atom. The van der Waals surface area contributed by atoms with Crippen LogP contribution in [-0.2, 0) is 19.6 Å². The number of pyridine rings is 1. The molecule has 0 saturated heterocycles. The highest BCUT2D eigenvalue weighted by atomic mass is 32.1. The molecule has 4 heteroatoms. The van der Waals surface area contributed by atoms with Crippen LogP contribution in [0.15, 0.2) is 64.9 Å². The van der Waals surface area contributed by atoms with E-state index in [-0.39, 0.29) is 0 Å². The lowest BCUT2D eigenvalue weighted by Crippen LogP contribution is -2.21. The van der Waals surface area contributed by atoms with Crippen LogP contribution in [0.2, 0.25) is 0 Å². The highest BCUT2D eigenvalue weighted by molar-refractivity contribution is 7.09. The molecule has 102 valence electrons. The Morgan fingerprint density at radius 1 is 1.05 bits per heavy atom. The van der Waals surface area contributed by atoms with Gasteiger partial charge in [-0.2, -0.15) is 0 Å². The molecule has 0 amide bonds. The summed E-state index contributed by atoms with van der Waals surface area (Å²) in [5.41, 5.74) is 1.22. The molecular weight excluding hydrogens is 268 g/mol. The molecule has 0 aliphatic heterocycles. The minimum atomic E-state index is 0.805. The fraction of sp³-hybridized carbons (Fsp3) is 0.188. The monoisotopic (exact) mass is 284 g/mol. The van der Waals surface area contributed by atoms with E-state index in [2.05, 4.69) is 33.5 Å². The van der Waals surface area contributed by atoms with Gasteiger partial charge in [0.25, 0.3) is 0 Å². The molecule has 3 aromatic rings. The molecule has 3 heterocycles. The summed E-state index contributed by atoms with van der Waals surface area (Å²) in [6.45, 7) is 2.60. The smallest absolute Gasteiger partial charge is 0.117 e. The summed E-state index contributed by atoms with van der Waals surface area (Å²) < 4.78 is 5.47. The summed E-state index contributed by atoms with van der Waals surface area (Å²) >= 11 is 1.79. The average molecular weight is 284 g/mol. The van der Waals surface area contributed by atoms with E-state index in [4.69, 9.17) is 4.42 Å². The Labute approximate surface area is 122 Å². The Balaban J connectivity index is 1.72. The van der Waals surface area contributed by atoms with E-state index in [0.29, 0.717) is 0 Å². The van der Waals surface area contributed by atoms with Gasteiger partial charge in [0.2, 0.25) is 0 Å². The first-order valence-corrected chi connectivity index (χ1v) is 7.44. The second-order valence-corrected chi connectivity index (χ2v) is 5.70. The van der Waals surface area contributed by atoms with Gasteiger partial charge in [0.15, 0.2) is 0 Å². The maximum atomic E-state index is 5.47. The minimum Gasteiger partial charge on any atom is -0.468 e. The van der Waals surface area contributed by atoms with Crippen molar-refractivity contribution in [3.8, 4) is 0 Å². The first-order valence-electron chi connectivity index (χ1n) is 6.56. The SMILES string of the molecule is c1cncc(CN(Cc2ccco2)Cc2cccs2)c1. The highest BCUT2D eigenvalue weighted by Crippen LogP contribution is 2.17. The zero-order valence-electron chi connectivity index (χ0n) is 11.1. The Kier molecular flexibility index (Phi) is 4.25. The quantitative estimate of drug-likeness (QED) is 0.686. The number of hydrogen-bond donors (Lipinski definition) is 0. The van der Waals surface area contributed by atoms with Crippen LogP contribution in [0.4, 0.5) is 0 Å². The summed E-state index contributed by atoms with van der Waals surface area (Å²) in [5, 5.41) is 2.12. The van der Waals surface area contributed by atoms with E-state index in [1.165, 1.54) is 10.4 Å². The second kappa shape index (κ2) is 6.50. The van der Waals surface area contributed by atoms with Gasteiger partial charge in [0.05, 0.1) is 12.8 Å². The van der Waals surface area contributed by atoms with Crippen molar-refractivity contribution in [1.82, 2.24) is 9.88 Å². The minimum absolute atomic E-state index is 0.805. The number of rotatable bonds is 6. The van der Waals surface area contributed by atoms with Crippen LogP contribution < -0.4 is 0 Å². The number of furan rings is 1. The summed E-state index contributed by atoms with van der Waals surface area (Å²) in [5.74, 6) is 0.991. The van der Waals surface area contributed by atoms with Gasteiger partial charge >= 0.3 is 0 Å². The Bertz CT molecular complexity index is 569. The molecule has 0 N–H and O–H groups in total. The second-order valence-electron chi connectivity index (χ2n) is 4.67. The van der Waals surface area contributed by atoms with Crippen molar-refractivity contribution in [2.75, 3.05) is 0 Å². The van der Waals surface area contributed by atoms with Gasteiger partial charge in [0.1, 0.15) is 5.76 Å². The predicted octanol–water partition coefficient (Wildman–Crippen LogP) is 3.94. The fourth-order valence-corrected chi connectivity index (χ4v) is 2.91. The number of nitrogens with zero attached hydrogens (tertiary/aromatic N) is 2. The van der Waals surface area contributed by atoms with Crippen molar-refractivity contribution >= 4 is 11.3 Å². The maximum absolute atomic E-state index is 5.47. The number of aromatic nitrogens is 1. The topological polar surface area (TPSA) is 29.3 Å². The molecule has 0 fully saturated rings. The van der Waals surface area contributed by atoms with Crippen LogP contribution in [0, 0.1) is 0 Å². The summed E-state index contributed by atoms with van der Waals surface area (Å²) in [4.78, 5) is 7.91. The van der Waals surface area contributed by atoms with Crippen LogP contribution in [0.3, 0.4) is 0 Å². The van der Waals surface area contributed by atoms with Crippen LogP contribution >= 0.6 is 11.3 Å². The third-order valence-corrected chi connectivity index (χ3v) is 3.91. The molecule has 0 atom stereocenters. The van der Waals surface area contributed by atoms with Crippen LogP contribution in [-0.4, -0.2) is 9.88 Å². The zero-order chi connectivity index (χ0) is 13.6. The number of hydrogen-bond acceptors (Lipinski definition) is 4. The van der Waals surface area contributed by atoms with Crippen molar-refractivity contribution in [2.45, 2.75) is 19.6 Å². The predicted molar refractivity (Wildman–Crippen MR) is 80.2 cm³/mol. The van der Waals surface area contributed by atoms with Gasteiger partial charge in [-0.15, -0.1) is 11.3 Å².